The van der Waals surface area contributed by atoms with E-state index in [9.17, 15) is 20.0 Å². The van der Waals surface area contributed by atoms with Gasteiger partial charge in [-0.3, -0.25) is 4.79 Å². The number of nitrogens with zero attached hydrogens (tertiary/aromatic N) is 3. The second-order valence-corrected chi connectivity index (χ2v) is 7.13. The van der Waals surface area contributed by atoms with Gasteiger partial charge in [-0.1, -0.05) is 36.4 Å². The van der Waals surface area contributed by atoms with Gasteiger partial charge in [0.15, 0.2) is 6.61 Å². The van der Waals surface area contributed by atoms with E-state index in [0.29, 0.717) is 5.82 Å². The molecule has 0 unspecified atom stereocenters. The van der Waals surface area contributed by atoms with Crippen molar-refractivity contribution in [2.24, 2.45) is 0 Å². The van der Waals surface area contributed by atoms with Gasteiger partial charge in [0.1, 0.15) is 28.8 Å². The average Bonchev–Trinajstić information content (AvgIpc) is 3.03. The van der Waals surface area contributed by atoms with Crippen LogP contribution in [0.5, 0.6) is 5.75 Å². The maximum absolute atomic E-state index is 12.8. The van der Waals surface area contributed by atoms with Crippen LogP contribution in [0.15, 0.2) is 72.1 Å². The Morgan fingerprint density at radius 2 is 1.52 bits per heavy atom. The first kappa shape index (κ1) is 20.0. The molecule has 7 nitrogen and oxygen atoms in total. The van der Waals surface area contributed by atoms with Crippen molar-refractivity contribution >= 4 is 33.9 Å². The number of esters is 1. The monoisotopic (exact) mass is 413 g/mol. The van der Waals surface area contributed by atoms with Crippen LogP contribution in [-0.4, -0.2) is 37.6 Å². The van der Waals surface area contributed by atoms with E-state index in [1.165, 1.54) is 12.1 Å². The first-order valence-electron chi connectivity index (χ1n) is 9.55. The molecule has 0 aliphatic carbocycles. The van der Waals surface area contributed by atoms with Crippen LogP contribution in [0, 0.1) is 11.3 Å². The highest BCUT2D eigenvalue weighted by molar-refractivity contribution is 6.05. The van der Waals surface area contributed by atoms with Crippen molar-refractivity contribution in [3.05, 3.63) is 77.6 Å². The number of rotatable bonds is 4. The highest BCUT2D eigenvalue weighted by Crippen LogP contribution is 2.40. The van der Waals surface area contributed by atoms with Crippen molar-refractivity contribution < 1.29 is 19.4 Å². The number of benzene rings is 3. The van der Waals surface area contributed by atoms with E-state index in [2.05, 4.69) is 0 Å². The molecule has 154 valence electrons. The Labute approximate surface area is 179 Å². The zero-order valence-corrected chi connectivity index (χ0v) is 17.0. The van der Waals surface area contributed by atoms with Crippen molar-refractivity contribution in [2.75, 3.05) is 30.5 Å². The molecule has 0 spiro atoms. The van der Waals surface area contributed by atoms with E-state index in [0.717, 1.165) is 22.1 Å². The number of carbonyl (C=O) groups is 2. The molecule has 3 aromatic carbocycles. The zero-order valence-electron chi connectivity index (χ0n) is 17.0. The molecule has 0 bridgehead atoms. The Morgan fingerprint density at radius 3 is 2.10 bits per heavy atom. The van der Waals surface area contributed by atoms with Gasteiger partial charge in [-0.25, -0.2) is 4.79 Å². The van der Waals surface area contributed by atoms with E-state index in [1.54, 1.807) is 30.0 Å². The second kappa shape index (κ2) is 7.84. The molecule has 1 aliphatic rings. The van der Waals surface area contributed by atoms with Gasteiger partial charge in [0.2, 0.25) is 5.78 Å². The van der Waals surface area contributed by atoms with Gasteiger partial charge < -0.3 is 19.6 Å². The number of ketones is 1. The lowest BCUT2D eigenvalue weighted by atomic mass is 10.1. The first-order valence-corrected chi connectivity index (χ1v) is 9.55. The van der Waals surface area contributed by atoms with Crippen LogP contribution in [0.2, 0.25) is 0 Å². The van der Waals surface area contributed by atoms with Crippen molar-refractivity contribution in [3.63, 3.8) is 0 Å². The highest BCUT2D eigenvalue weighted by Gasteiger charge is 2.31. The minimum absolute atomic E-state index is 0.0415. The van der Waals surface area contributed by atoms with Crippen LogP contribution in [0.25, 0.3) is 10.8 Å². The fourth-order valence-corrected chi connectivity index (χ4v) is 3.73. The van der Waals surface area contributed by atoms with Gasteiger partial charge in [0.05, 0.1) is 11.4 Å². The number of fused-ring (bicyclic) bond motifs is 2. The summed E-state index contributed by atoms with van der Waals surface area (Å²) < 4.78 is 5.14. The van der Waals surface area contributed by atoms with E-state index in [1.807, 2.05) is 48.5 Å². The smallest absolute Gasteiger partial charge is 0.342 e. The van der Waals surface area contributed by atoms with Crippen LogP contribution in [0.1, 0.15) is 10.4 Å². The summed E-state index contributed by atoms with van der Waals surface area (Å²) in [6, 6.07) is 19.7. The van der Waals surface area contributed by atoms with E-state index >= 15 is 0 Å². The lowest BCUT2D eigenvalue weighted by Gasteiger charge is -2.19. The van der Waals surface area contributed by atoms with Crippen LogP contribution < -0.4 is 9.80 Å². The number of Topliss-reactive ketones (excluding diaryl/α,β-unsaturated/α-hetero) is 1. The highest BCUT2D eigenvalue weighted by atomic mass is 16.5. The molecule has 4 rings (SSSR count). The van der Waals surface area contributed by atoms with Gasteiger partial charge in [0.25, 0.3) is 0 Å². The zero-order chi connectivity index (χ0) is 22.1. The molecule has 0 atom stereocenters. The summed E-state index contributed by atoms with van der Waals surface area (Å²) in [6.45, 7) is -0.616. The standard InChI is InChI=1S/C24H19N3O4/c1-26-19-9-5-6-10-20(19)27(2)23(26)18(13-25)22(29)14-31-24(30)17-11-15-7-3-4-8-16(15)12-21(17)28/h3-12,28H,14H2,1-2H3. The molecule has 0 saturated heterocycles. The van der Waals surface area contributed by atoms with E-state index in [-0.39, 0.29) is 16.9 Å². The molecule has 31 heavy (non-hydrogen) atoms. The molecule has 0 saturated carbocycles. The number of phenols is 1. The number of hydrogen-bond acceptors (Lipinski definition) is 7. The molecule has 7 heteroatoms. The number of nitriles is 1. The lowest BCUT2D eigenvalue weighted by Crippen LogP contribution is -2.27. The number of anilines is 2. The summed E-state index contributed by atoms with van der Waals surface area (Å²) >= 11 is 0. The number of ether oxygens (including phenoxy) is 1. The Bertz CT molecular complexity index is 1260. The summed E-state index contributed by atoms with van der Waals surface area (Å²) in [4.78, 5) is 28.8. The van der Waals surface area contributed by atoms with Crippen molar-refractivity contribution in [2.45, 2.75) is 0 Å². The minimum Gasteiger partial charge on any atom is -0.507 e. The largest absolute Gasteiger partial charge is 0.507 e. The molecule has 1 aliphatic heterocycles. The topological polar surface area (TPSA) is 93.9 Å². The molecule has 1 N–H and O–H groups in total. The first-order chi connectivity index (χ1) is 14.9. The van der Waals surface area contributed by atoms with Gasteiger partial charge in [-0.05, 0) is 35.0 Å². The third-order valence-electron chi connectivity index (χ3n) is 5.27. The normalized spacial score (nSPS) is 12.5. The summed E-state index contributed by atoms with van der Waals surface area (Å²) in [7, 11) is 3.53. The van der Waals surface area contributed by atoms with Gasteiger partial charge in [0, 0.05) is 14.1 Å². The Kier molecular flexibility index (Phi) is 5.05. The third-order valence-corrected chi connectivity index (χ3v) is 5.27. The molecular formula is C24H19N3O4. The van der Waals surface area contributed by atoms with Crippen molar-refractivity contribution in [1.82, 2.24) is 0 Å². The van der Waals surface area contributed by atoms with Crippen LogP contribution in [0.4, 0.5) is 11.4 Å². The number of phenolic OH excluding ortho intramolecular Hbond substituents is 1. The van der Waals surface area contributed by atoms with E-state index in [4.69, 9.17) is 4.74 Å². The Balaban J connectivity index is 1.56. The Morgan fingerprint density at radius 1 is 0.968 bits per heavy atom. The third kappa shape index (κ3) is 3.45. The van der Waals surface area contributed by atoms with Gasteiger partial charge >= 0.3 is 5.97 Å². The van der Waals surface area contributed by atoms with Crippen LogP contribution in [0.3, 0.4) is 0 Å². The summed E-state index contributed by atoms with van der Waals surface area (Å²) in [5.41, 5.74) is 1.56. The van der Waals surface area contributed by atoms with Gasteiger partial charge in [-0.2, -0.15) is 5.26 Å². The minimum atomic E-state index is -0.838. The molecule has 0 aromatic heterocycles. The fraction of sp³-hybridized carbons (Fsp3) is 0.125. The fourth-order valence-electron chi connectivity index (χ4n) is 3.73. The summed E-state index contributed by atoms with van der Waals surface area (Å²) in [5, 5.41) is 21.4. The Hall–Kier alpha value is -4.31. The molecule has 3 aromatic rings. The average molecular weight is 413 g/mol. The van der Waals surface area contributed by atoms with Crippen molar-refractivity contribution in [3.8, 4) is 11.8 Å². The number of hydrogen-bond donors (Lipinski definition) is 1. The predicted molar refractivity (Wildman–Crippen MR) is 117 cm³/mol. The molecule has 1 heterocycles. The van der Waals surface area contributed by atoms with Crippen LogP contribution in [-0.2, 0) is 9.53 Å². The lowest BCUT2D eigenvalue weighted by molar-refractivity contribution is -0.118. The molecule has 0 fully saturated rings. The predicted octanol–water partition coefficient (Wildman–Crippen LogP) is 3.59. The molecule has 0 radical (unpaired) electrons. The van der Waals surface area contributed by atoms with E-state index < -0.39 is 18.4 Å². The SMILES string of the molecule is CN1C(=C(C#N)C(=O)COC(=O)c2cc3ccccc3cc2O)N(C)c2ccccc21. The molecular weight excluding hydrogens is 394 g/mol. The van der Waals surface area contributed by atoms with Gasteiger partial charge in [-0.15, -0.1) is 0 Å². The maximum Gasteiger partial charge on any atom is 0.342 e. The molecule has 0 amide bonds. The number of carbonyl (C=O) groups excluding carboxylic acids is 2. The number of para-hydroxylation sites is 2. The second-order valence-electron chi connectivity index (χ2n) is 7.13. The summed E-state index contributed by atoms with van der Waals surface area (Å²) in [5.74, 6) is -1.29. The van der Waals surface area contributed by atoms with Crippen molar-refractivity contribution in [1.29, 1.82) is 5.26 Å². The summed E-state index contributed by atoms with van der Waals surface area (Å²) in [6.07, 6.45) is 0. The van der Waals surface area contributed by atoms with Crippen LogP contribution >= 0.6 is 0 Å². The maximum atomic E-state index is 12.8. The quantitative estimate of drug-likeness (QED) is 0.397. The number of aromatic hydroxyl groups is 1.